The number of ether oxygens (including phenoxy) is 1. The Bertz CT molecular complexity index is 541. The number of carbonyl (C=O) groups excluding carboxylic acids is 1. The van der Waals surface area contributed by atoms with Gasteiger partial charge in [-0.1, -0.05) is 0 Å². The highest BCUT2D eigenvalue weighted by atomic mass is 19.1. The lowest BCUT2D eigenvalue weighted by atomic mass is 10.2. The number of carbonyl (C=O) groups is 1. The van der Waals surface area contributed by atoms with Crippen LogP contribution < -0.4 is 4.74 Å². The maximum Gasteiger partial charge on any atom is 0.213 e. The molecule has 86 valence electrons. The highest BCUT2D eigenvalue weighted by Crippen LogP contribution is 2.24. The number of rotatable bonds is 3. The molecule has 17 heavy (non-hydrogen) atoms. The highest BCUT2D eigenvalue weighted by Gasteiger charge is 2.06. The maximum atomic E-state index is 13.4. The number of hydrogen-bond donors (Lipinski definition) is 0. The third kappa shape index (κ3) is 2.63. The second-order valence-corrected chi connectivity index (χ2v) is 3.23. The molecule has 0 radical (unpaired) electrons. The van der Waals surface area contributed by atoms with Gasteiger partial charge in [0.05, 0.1) is 6.20 Å². The van der Waals surface area contributed by atoms with Crippen LogP contribution in [0.3, 0.4) is 0 Å². The van der Waals surface area contributed by atoms with Gasteiger partial charge in [0.2, 0.25) is 5.95 Å². The van der Waals surface area contributed by atoms with Crippen LogP contribution in [0.4, 0.5) is 8.78 Å². The Morgan fingerprint density at radius 1 is 1.18 bits per heavy atom. The van der Waals surface area contributed by atoms with E-state index in [-0.39, 0.29) is 17.1 Å². The normalized spacial score (nSPS) is 10.0. The van der Waals surface area contributed by atoms with Crippen molar-refractivity contribution in [3.05, 3.63) is 53.9 Å². The van der Waals surface area contributed by atoms with Crippen molar-refractivity contribution in [2.45, 2.75) is 0 Å². The van der Waals surface area contributed by atoms with Gasteiger partial charge in [-0.25, -0.2) is 9.37 Å². The smallest absolute Gasteiger partial charge is 0.213 e. The molecule has 0 fully saturated rings. The fraction of sp³-hybridized carbons (Fsp3) is 0. The van der Waals surface area contributed by atoms with Crippen LogP contribution in [0.2, 0.25) is 0 Å². The third-order valence-corrected chi connectivity index (χ3v) is 2.02. The topological polar surface area (TPSA) is 39.2 Å². The van der Waals surface area contributed by atoms with E-state index in [2.05, 4.69) is 4.98 Å². The molecule has 0 N–H and O–H groups in total. The van der Waals surface area contributed by atoms with E-state index in [9.17, 15) is 13.6 Å². The predicted octanol–water partition coefficient (Wildman–Crippen LogP) is 2.96. The van der Waals surface area contributed by atoms with Gasteiger partial charge in [-0.2, -0.15) is 4.39 Å². The van der Waals surface area contributed by atoms with E-state index in [4.69, 9.17) is 4.74 Å². The molecule has 0 saturated heterocycles. The molecule has 5 heteroatoms. The lowest BCUT2D eigenvalue weighted by Gasteiger charge is -2.06. The Morgan fingerprint density at radius 2 is 2.00 bits per heavy atom. The van der Waals surface area contributed by atoms with E-state index in [1.165, 1.54) is 18.2 Å². The molecular formula is C12H7F2NO2. The van der Waals surface area contributed by atoms with E-state index in [1.54, 1.807) is 0 Å². The van der Waals surface area contributed by atoms with Gasteiger partial charge < -0.3 is 4.74 Å². The van der Waals surface area contributed by atoms with E-state index < -0.39 is 11.8 Å². The summed E-state index contributed by atoms with van der Waals surface area (Å²) in [5.41, 5.74) is 0.215. The molecule has 0 saturated carbocycles. The zero-order valence-electron chi connectivity index (χ0n) is 8.56. The Kier molecular flexibility index (Phi) is 3.09. The van der Waals surface area contributed by atoms with Crippen LogP contribution >= 0.6 is 0 Å². The van der Waals surface area contributed by atoms with Gasteiger partial charge in [0.25, 0.3) is 0 Å². The molecule has 0 aliphatic rings. The Hall–Kier alpha value is -2.30. The van der Waals surface area contributed by atoms with E-state index in [0.717, 1.165) is 18.3 Å². The first-order chi connectivity index (χ1) is 8.19. The summed E-state index contributed by atoms with van der Waals surface area (Å²) in [6.07, 6.45) is 1.68. The first kappa shape index (κ1) is 11.2. The summed E-state index contributed by atoms with van der Waals surface area (Å²) in [5.74, 6) is -1.15. The fourth-order valence-electron chi connectivity index (χ4n) is 1.22. The average Bonchev–Trinajstić information content (AvgIpc) is 2.34. The van der Waals surface area contributed by atoms with Gasteiger partial charge in [-0.3, -0.25) is 4.79 Å². The summed E-state index contributed by atoms with van der Waals surface area (Å²) in [6.45, 7) is 0. The van der Waals surface area contributed by atoms with Gasteiger partial charge in [0, 0.05) is 5.56 Å². The summed E-state index contributed by atoms with van der Waals surface area (Å²) < 4.78 is 31.1. The number of aldehydes is 1. The van der Waals surface area contributed by atoms with Crippen molar-refractivity contribution < 1.29 is 18.3 Å². The van der Waals surface area contributed by atoms with Crippen molar-refractivity contribution in [3.8, 4) is 11.5 Å². The molecule has 0 aliphatic heterocycles. The van der Waals surface area contributed by atoms with Gasteiger partial charge in [0.15, 0.2) is 11.6 Å². The van der Waals surface area contributed by atoms with Crippen molar-refractivity contribution in [1.82, 2.24) is 4.98 Å². The second kappa shape index (κ2) is 4.69. The lowest BCUT2D eigenvalue weighted by Crippen LogP contribution is -1.91. The number of pyridine rings is 1. The van der Waals surface area contributed by atoms with Crippen molar-refractivity contribution in [3.63, 3.8) is 0 Å². The first-order valence-electron chi connectivity index (χ1n) is 4.73. The number of nitrogens with zero attached hydrogens (tertiary/aromatic N) is 1. The van der Waals surface area contributed by atoms with Gasteiger partial charge in [0.1, 0.15) is 12.0 Å². The molecule has 0 unspecified atom stereocenters. The van der Waals surface area contributed by atoms with Crippen molar-refractivity contribution >= 4 is 6.29 Å². The molecule has 2 aromatic rings. The summed E-state index contributed by atoms with van der Waals surface area (Å²) in [5, 5.41) is 0. The standard InChI is InChI=1S/C12H7F2NO2/c13-10-5-8(7-16)1-3-11(10)17-9-2-4-12(14)15-6-9/h1-7H. The molecule has 0 aliphatic carbocycles. The molecule has 0 atom stereocenters. The molecular weight excluding hydrogens is 228 g/mol. The van der Waals surface area contributed by atoms with Crippen LogP contribution in [0.15, 0.2) is 36.5 Å². The van der Waals surface area contributed by atoms with E-state index >= 15 is 0 Å². The molecule has 1 aromatic heterocycles. The third-order valence-electron chi connectivity index (χ3n) is 2.02. The zero-order valence-corrected chi connectivity index (χ0v) is 8.56. The largest absolute Gasteiger partial charge is 0.453 e. The Balaban J connectivity index is 2.24. The van der Waals surface area contributed by atoms with Crippen molar-refractivity contribution in [1.29, 1.82) is 0 Å². The average molecular weight is 235 g/mol. The minimum atomic E-state index is -0.668. The van der Waals surface area contributed by atoms with Gasteiger partial charge in [-0.05, 0) is 30.3 Å². The number of aromatic nitrogens is 1. The highest BCUT2D eigenvalue weighted by molar-refractivity contribution is 5.75. The summed E-state index contributed by atoms with van der Waals surface area (Å²) in [6, 6.07) is 6.23. The van der Waals surface area contributed by atoms with Crippen LogP contribution in [0.25, 0.3) is 0 Å². The number of halogens is 2. The molecule has 0 amide bonds. The van der Waals surface area contributed by atoms with Crippen LogP contribution in [0.5, 0.6) is 11.5 Å². The monoisotopic (exact) mass is 235 g/mol. The zero-order chi connectivity index (χ0) is 12.3. The predicted molar refractivity (Wildman–Crippen MR) is 56.1 cm³/mol. The molecule has 2 rings (SSSR count). The van der Waals surface area contributed by atoms with E-state index in [1.807, 2.05) is 0 Å². The van der Waals surface area contributed by atoms with E-state index in [0.29, 0.717) is 6.29 Å². The van der Waals surface area contributed by atoms with Crippen LogP contribution in [-0.4, -0.2) is 11.3 Å². The lowest BCUT2D eigenvalue weighted by molar-refractivity contribution is 0.112. The minimum absolute atomic E-state index is 0.0518. The first-order valence-corrected chi connectivity index (χ1v) is 4.73. The van der Waals surface area contributed by atoms with Gasteiger partial charge in [-0.15, -0.1) is 0 Å². The summed E-state index contributed by atoms with van der Waals surface area (Å²) >= 11 is 0. The number of hydrogen-bond acceptors (Lipinski definition) is 3. The number of benzene rings is 1. The SMILES string of the molecule is O=Cc1ccc(Oc2ccc(F)nc2)c(F)c1. The second-order valence-electron chi connectivity index (χ2n) is 3.23. The van der Waals surface area contributed by atoms with Crippen LogP contribution in [0.1, 0.15) is 10.4 Å². The molecule has 0 bridgehead atoms. The Morgan fingerprint density at radius 3 is 2.59 bits per heavy atom. The summed E-state index contributed by atoms with van der Waals surface area (Å²) in [7, 11) is 0. The maximum absolute atomic E-state index is 13.4. The molecule has 1 aromatic carbocycles. The van der Waals surface area contributed by atoms with Crippen molar-refractivity contribution in [2.24, 2.45) is 0 Å². The minimum Gasteiger partial charge on any atom is -0.453 e. The van der Waals surface area contributed by atoms with Crippen molar-refractivity contribution in [2.75, 3.05) is 0 Å². The quantitative estimate of drug-likeness (QED) is 0.606. The van der Waals surface area contributed by atoms with Gasteiger partial charge >= 0.3 is 0 Å². The fourth-order valence-corrected chi connectivity index (χ4v) is 1.22. The molecule has 0 spiro atoms. The molecule has 1 heterocycles. The molecule has 3 nitrogen and oxygen atoms in total. The van der Waals surface area contributed by atoms with Crippen LogP contribution in [-0.2, 0) is 0 Å². The Labute approximate surface area is 95.7 Å². The van der Waals surface area contributed by atoms with Crippen LogP contribution in [0, 0.1) is 11.8 Å². The summed E-state index contributed by atoms with van der Waals surface area (Å²) in [4.78, 5) is 13.8.